The van der Waals surface area contributed by atoms with Gasteiger partial charge in [-0.05, 0) is 24.6 Å². The maximum atomic E-state index is 10.9. The average Bonchev–Trinajstić information content (AvgIpc) is 2.38. The molecule has 0 amide bonds. The van der Waals surface area contributed by atoms with Crippen LogP contribution in [0.1, 0.15) is 24.9 Å². The molecule has 1 atom stereocenters. The molecule has 0 heterocycles. The number of methoxy groups -OCH3 is 2. The molecule has 0 saturated heterocycles. The van der Waals surface area contributed by atoms with Crippen LogP contribution in [0.4, 0.5) is 0 Å². The van der Waals surface area contributed by atoms with Crippen LogP contribution in [-0.2, 0) is 9.53 Å². The molecule has 0 fully saturated rings. The van der Waals surface area contributed by atoms with Crippen molar-refractivity contribution in [3.8, 4) is 5.75 Å². The molecule has 1 rings (SSSR count). The number of hydrogen-bond acceptors (Lipinski definition) is 4. The second kappa shape index (κ2) is 6.91. The fraction of sp³-hybridized carbons (Fsp3) is 0.462. The lowest BCUT2D eigenvalue weighted by atomic mass is 10.1. The molecule has 0 radical (unpaired) electrons. The van der Waals surface area contributed by atoms with Gasteiger partial charge in [0.15, 0.2) is 0 Å². The second-order valence-corrected chi connectivity index (χ2v) is 3.78. The van der Waals surface area contributed by atoms with Crippen molar-refractivity contribution < 1.29 is 14.3 Å². The number of rotatable bonds is 6. The Morgan fingerprint density at radius 3 is 2.82 bits per heavy atom. The lowest BCUT2D eigenvalue weighted by molar-refractivity contribution is -0.140. The molecule has 0 aliphatic carbocycles. The van der Waals surface area contributed by atoms with Crippen molar-refractivity contribution >= 4 is 5.97 Å². The fourth-order valence-corrected chi connectivity index (χ4v) is 1.52. The van der Waals surface area contributed by atoms with Crippen molar-refractivity contribution in [2.45, 2.75) is 19.4 Å². The highest BCUT2D eigenvalue weighted by atomic mass is 16.5. The van der Waals surface area contributed by atoms with Gasteiger partial charge in [0.2, 0.25) is 0 Å². The molecule has 94 valence electrons. The van der Waals surface area contributed by atoms with Crippen LogP contribution in [0, 0.1) is 0 Å². The van der Waals surface area contributed by atoms with Crippen LogP contribution in [0.3, 0.4) is 0 Å². The zero-order valence-corrected chi connectivity index (χ0v) is 10.5. The molecule has 17 heavy (non-hydrogen) atoms. The summed E-state index contributed by atoms with van der Waals surface area (Å²) in [5.74, 6) is 0.638. The Kier molecular flexibility index (Phi) is 5.49. The van der Waals surface area contributed by atoms with E-state index in [1.54, 1.807) is 7.11 Å². The minimum Gasteiger partial charge on any atom is -0.497 e. The molecule has 0 unspecified atom stereocenters. The van der Waals surface area contributed by atoms with Crippen molar-refractivity contribution in [1.29, 1.82) is 0 Å². The van der Waals surface area contributed by atoms with Gasteiger partial charge >= 0.3 is 5.97 Å². The zero-order valence-electron chi connectivity index (χ0n) is 10.5. The normalized spacial score (nSPS) is 11.9. The van der Waals surface area contributed by atoms with Crippen molar-refractivity contribution in [1.82, 2.24) is 5.32 Å². The maximum Gasteiger partial charge on any atom is 0.306 e. The average molecular weight is 237 g/mol. The standard InChI is InChI=1S/C13H19NO3/c1-10(14-8-7-13(15)17-3)11-5-4-6-12(9-11)16-2/h4-6,9-10,14H,7-8H2,1-3H3/t10-/m0/s1. The minimum atomic E-state index is -0.199. The summed E-state index contributed by atoms with van der Waals surface area (Å²) in [7, 11) is 3.04. The number of carbonyl (C=O) groups is 1. The minimum absolute atomic E-state index is 0.176. The van der Waals surface area contributed by atoms with Crippen LogP contribution < -0.4 is 10.1 Å². The second-order valence-electron chi connectivity index (χ2n) is 3.78. The van der Waals surface area contributed by atoms with Crippen molar-refractivity contribution in [3.05, 3.63) is 29.8 Å². The summed E-state index contributed by atoms with van der Waals surface area (Å²) >= 11 is 0. The number of nitrogens with one attached hydrogen (secondary N) is 1. The molecular weight excluding hydrogens is 218 g/mol. The van der Waals surface area contributed by atoms with Gasteiger partial charge in [-0.25, -0.2) is 0 Å². The molecule has 4 heteroatoms. The highest BCUT2D eigenvalue weighted by Gasteiger charge is 2.07. The highest BCUT2D eigenvalue weighted by molar-refractivity contribution is 5.69. The largest absolute Gasteiger partial charge is 0.497 e. The predicted octanol–water partition coefficient (Wildman–Crippen LogP) is 1.91. The third-order valence-corrected chi connectivity index (χ3v) is 2.60. The summed E-state index contributed by atoms with van der Waals surface area (Å²) in [6, 6.07) is 8.04. The topological polar surface area (TPSA) is 47.6 Å². The molecule has 0 saturated carbocycles. The number of hydrogen-bond donors (Lipinski definition) is 1. The predicted molar refractivity (Wildman–Crippen MR) is 66.0 cm³/mol. The van der Waals surface area contributed by atoms with E-state index in [4.69, 9.17) is 4.74 Å². The first-order valence-electron chi connectivity index (χ1n) is 5.61. The van der Waals surface area contributed by atoms with Gasteiger partial charge in [0.25, 0.3) is 0 Å². The first-order valence-corrected chi connectivity index (χ1v) is 5.61. The smallest absolute Gasteiger partial charge is 0.306 e. The number of carbonyl (C=O) groups excluding carboxylic acids is 1. The van der Waals surface area contributed by atoms with Gasteiger partial charge in [-0.3, -0.25) is 4.79 Å². The molecule has 1 aromatic carbocycles. The summed E-state index contributed by atoms with van der Waals surface area (Å²) in [5.41, 5.74) is 1.13. The highest BCUT2D eigenvalue weighted by Crippen LogP contribution is 2.18. The maximum absolute atomic E-state index is 10.9. The Hall–Kier alpha value is -1.55. The lowest BCUT2D eigenvalue weighted by Crippen LogP contribution is -2.22. The molecule has 0 aliphatic rings. The summed E-state index contributed by atoms with van der Waals surface area (Å²) in [6.45, 7) is 2.65. The zero-order chi connectivity index (χ0) is 12.7. The molecule has 1 aromatic rings. The summed E-state index contributed by atoms with van der Waals surface area (Å²) in [6.07, 6.45) is 0.380. The van der Waals surface area contributed by atoms with E-state index in [1.807, 2.05) is 31.2 Å². The monoisotopic (exact) mass is 237 g/mol. The molecule has 1 N–H and O–H groups in total. The van der Waals surface area contributed by atoms with E-state index in [9.17, 15) is 4.79 Å². The van der Waals surface area contributed by atoms with Crippen molar-refractivity contribution in [2.24, 2.45) is 0 Å². The van der Waals surface area contributed by atoms with E-state index in [0.29, 0.717) is 13.0 Å². The van der Waals surface area contributed by atoms with Crippen molar-refractivity contribution in [3.63, 3.8) is 0 Å². The summed E-state index contributed by atoms with van der Waals surface area (Å²) in [5, 5.41) is 3.26. The van der Waals surface area contributed by atoms with Crippen LogP contribution in [0.25, 0.3) is 0 Å². The third-order valence-electron chi connectivity index (χ3n) is 2.60. The molecule has 0 aliphatic heterocycles. The molecule has 4 nitrogen and oxygen atoms in total. The number of ether oxygens (including phenoxy) is 2. The third kappa shape index (κ3) is 4.44. The Balaban J connectivity index is 2.46. The van der Waals surface area contributed by atoms with E-state index in [1.165, 1.54) is 7.11 Å². The first-order chi connectivity index (χ1) is 8.17. The van der Waals surface area contributed by atoms with E-state index in [2.05, 4.69) is 10.1 Å². The Morgan fingerprint density at radius 2 is 2.18 bits per heavy atom. The lowest BCUT2D eigenvalue weighted by Gasteiger charge is -2.14. The van der Waals surface area contributed by atoms with Crippen LogP contribution in [0.5, 0.6) is 5.75 Å². The quantitative estimate of drug-likeness (QED) is 0.768. The Labute approximate surface area is 102 Å². The van der Waals surface area contributed by atoms with Gasteiger partial charge in [-0.2, -0.15) is 0 Å². The molecule has 0 bridgehead atoms. The summed E-state index contributed by atoms with van der Waals surface area (Å²) in [4.78, 5) is 10.9. The Bertz CT molecular complexity index is 365. The molecule has 0 aromatic heterocycles. The first kappa shape index (κ1) is 13.5. The van der Waals surface area contributed by atoms with Crippen LogP contribution in [-0.4, -0.2) is 26.7 Å². The van der Waals surface area contributed by atoms with E-state index < -0.39 is 0 Å². The van der Waals surface area contributed by atoms with Gasteiger partial charge in [-0.15, -0.1) is 0 Å². The van der Waals surface area contributed by atoms with Crippen LogP contribution >= 0.6 is 0 Å². The molecule has 0 spiro atoms. The van der Waals surface area contributed by atoms with Gasteiger partial charge < -0.3 is 14.8 Å². The van der Waals surface area contributed by atoms with E-state index >= 15 is 0 Å². The fourth-order valence-electron chi connectivity index (χ4n) is 1.52. The van der Waals surface area contributed by atoms with E-state index in [-0.39, 0.29) is 12.0 Å². The van der Waals surface area contributed by atoms with Gasteiger partial charge in [0.05, 0.1) is 20.6 Å². The van der Waals surface area contributed by atoms with Gasteiger partial charge in [-0.1, -0.05) is 12.1 Å². The van der Waals surface area contributed by atoms with Crippen molar-refractivity contribution in [2.75, 3.05) is 20.8 Å². The SMILES string of the molecule is COC(=O)CCN[C@@H](C)c1cccc(OC)c1. The molecular formula is C13H19NO3. The van der Waals surface area contributed by atoms with Crippen LogP contribution in [0.15, 0.2) is 24.3 Å². The van der Waals surface area contributed by atoms with Crippen LogP contribution in [0.2, 0.25) is 0 Å². The van der Waals surface area contributed by atoms with Gasteiger partial charge in [0, 0.05) is 12.6 Å². The van der Waals surface area contributed by atoms with Gasteiger partial charge in [0.1, 0.15) is 5.75 Å². The number of benzene rings is 1. The van der Waals surface area contributed by atoms with E-state index in [0.717, 1.165) is 11.3 Å². The summed E-state index contributed by atoms with van der Waals surface area (Å²) < 4.78 is 9.74. The Morgan fingerprint density at radius 1 is 1.41 bits per heavy atom. The number of esters is 1.